The van der Waals surface area contributed by atoms with Crippen LogP contribution in [0.5, 0.6) is 0 Å². The van der Waals surface area contributed by atoms with Crippen LogP contribution in [0.15, 0.2) is 21.5 Å². The number of benzene rings is 1. The van der Waals surface area contributed by atoms with E-state index in [2.05, 4.69) is 15.9 Å². The SMILES string of the molecule is CC1CC(C)N(S(=O)(=O)c2c(F)cc(F)cc2Br)C1. The molecular weight excluding hydrogens is 340 g/mol. The van der Waals surface area contributed by atoms with E-state index in [0.29, 0.717) is 12.6 Å². The minimum Gasteiger partial charge on any atom is -0.207 e. The van der Waals surface area contributed by atoms with Crippen molar-refractivity contribution in [3.05, 3.63) is 28.2 Å². The fourth-order valence-electron chi connectivity index (χ4n) is 2.49. The van der Waals surface area contributed by atoms with Crippen LogP contribution >= 0.6 is 15.9 Å². The Balaban J connectivity index is 2.52. The van der Waals surface area contributed by atoms with Gasteiger partial charge in [0, 0.05) is 23.1 Å². The number of nitrogens with zero attached hydrogens (tertiary/aromatic N) is 1. The molecule has 1 aromatic carbocycles. The van der Waals surface area contributed by atoms with Crippen LogP contribution in [0.3, 0.4) is 0 Å². The fourth-order valence-corrected chi connectivity index (χ4v) is 5.37. The van der Waals surface area contributed by atoms with Crippen molar-refractivity contribution >= 4 is 26.0 Å². The van der Waals surface area contributed by atoms with Crippen LogP contribution in [0.2, 0.25) is 0 Å². The van der Waals surface area contributed by atoms with Crippen molar-refractivity contribution in [3.63, 3.8) is 0 Å². The van der Waals surface area contributed by atoms with Crippen LogP contribution in [-0.4, -0.2) is 25.3 Å². The summed E-state index contributed by atoms with van der Waals surface area (Å²) in [7, 11) is -3.95. The molecule has 0 bridgehead atoms. The zero-order chi connectivity index (χ0) is 14.4. The van der Waals surface area contributed by atoms with Crippen molar-refractivity contribution in [2.75, 3.05) is 6.54 Å². The molecule has 1 aromatic rings. The standard InChI is InChI=1S/C12H14BrF2NO2S/c1-7-3-8(2)16(6-7)19(17,18)12-10(13)4-9(14)5-11(12)15/h4-5,7-8H,3,6H2,1-2H3. The number of sulfonamides is 1. The first kappa shape index (κ1) is 14.9. The lowest BCUT2D eigenvalue weighted by atomic mass is 10.1. The topological polar surface area (TPSA) is 37.4 Å². The zero-order valence-electron chi connectivity index (χ0n) is 10.5. The van der Waals surface area contributed by atoms with Gasteiger partial charge in [-0.1, -0.05) is 6.92 Å². The smallest absolute Gasteiger partial charge is 0.207 e. The monoisotopic (exact) mass is 353 g/mol. The highest BCUT2D eigenvalue weighted by Gasteiger charge is 2.38. The number of halogens is 3. The quantitative estimate of drug-likeness (QED) is 0.818. The Morgan fingerprint density at radius 3 is 2.42 bits per heavy atom. The van der Waals surface area contributed by atoms with Gasteiger partial charge in [0.15, 0.2) is 0 Å². The van der Waals surface area contributed by atoms with Crippen LogP contribution < -0.4 is 0 Å². The van der Waals surface area contributed by atoms with E-state index < -0.39 is 26.6 Å². The Morgan fingerprint density at radius 1 is 1.32 bits per heavy atom. The first-order chi connectivity index (χ1) is 8.73. The van der Waals surface area contributed by atoms with Gasteiger partial charge in [0.25, 0.3) is 0 Å². The lowest BCUT2D eigenvalue weighted by Gasteiger charge is -2.22. The Hall–Kier alpha value is -0.530. The molecule has 1 aliphatic heterocycles. The number of hydrogen-bond acceptors (Lipinski definition) is 2. The maximum atomic E-state index is 13.8. The molecule has 0 aromatic heterocycles. The molecule has 1 fully saturated rings. The molecule has 1 saturated heterocycles. The van der Waals surface area contributed by atoms with E-state index in [-0.39, 0.29) is 16.4 Å². The highest BCUT2D eigenvalue weighted by molar-refractivity contribution is 9.10. The maximum absolute atomic E-state index is 13.8. The summed E-state index contributed by atoms with van der Waals surface area (Å²) in [4.78, 5) is -0.491. The molecule has 0 radical (unpaired) electrons. The molecule has 2 atom stereocenters. The molecule has 19 heavy (non-hydrogen) atoms. The molecule has 2 unspecified atom stereocenters. The van der Waals surface area contributed by atoms with Crippen LogP contribution in [0.25, 0.3) is 0 Å². The molecule has 1 heterocycles. The first-order valence-electron chi connectivity index (χ1n) is 5.90. The summed E-state index contributed by atoms with van der Waals surface area (Å²) in [5.41, 5.74) is 0. The summed E-state index contributed by atoms with van der Waals surface area (Å²) in [5.74, 6) is -1.66. The van der Waals surface area contributed by atoms with E-state index >= 15 is 0 Å². The van der Waals surface area contributed by atoms with Crippen molar-refractivity contribution < 1.29 is 17.2 Å². The predicted molar refractivity (Wildman–Crippen MR) is 71.2 cm³/mol. The van der Waals surface area contributed by atoms with Crippen LogP contribution in [0.1, 0.15) is 20.3 Å². The molecule has 0 saturated carbocycles. The average Bonchev–Trinajstić information content (AvgIpc) is 2.56. The molecule has 106 valence electrons. The third-order valence-electron chi connectivity index (χ3n) is 3.26. The van der Waals surface area contributed by atoms with Gasteiger partial charge in [-0.25, -0.2) is 17.2 Å². The van der Waals surface area contributed by atoms with Gasteiger partial charge in [0.1, 0.15) is 16.5 Å². The van der Waals surface area contributed by atoms with E-state index in [1.54, 1.807) is 6.92 Å². The molecule has 0 spiro atoms. The Morgan fingerprint density at radius 2 is 1.95 bits per heavy atom. The minimum absolute atomic E-state index is 0.0863. The summed E-state index contributed by atoms with van der Waals surface area (Å²) < 4.78 is 53.0. The Kier molecular flexibility index (Phi) is 3.99. The average molecular weight is 354 g/mol. The third kappa shape index (κ3) is 2.68. The minimum atomic E-state index is -3.95. The van der Waals surface area contributed by atoms with Gasteiger partial charge in [-0.3, -0.25) is 0 Å². The maximum Gasteiger partial charge on any atom is 0.247 e. The summed E-state index contributed by atoms with van der Waals surface area (Å²) >= 11 is 2.93. The van der Waals surface area contributed by atoms with Gasteiger partial charge in [0.2, 0.25) is 10.0 Å². The molecule has 7 heteroatoms. The van der Waals surface area contributed by atoms with Gasteiger partial charge in [-0.15, -0.1) is 0 Å². The number of rotatable bonds is 2. The van der Waals surface area contributed by atoms with E-state index in [1.165, 1.54) is 4.31 Å². The van der Waals surface area contributed by atoms with Crippen LogP contribution in [-0.2, 0) is 10.0 Å². The molecule has 1 aliphatic rings. The molecular formula is C12H14BrF2NO2S. The van der Waals surface area contributed by atoms with Crippen LogP contribution in [0.4, 0.5) is 8.78 Å². The second-order valence-corrected chi connectivity index (χ2v) is 7.64. The van der Waals surface area contributed by atoms with E-state index in [9.17, 15) is 17.2 Å². The first-order valence-corrected chi connectivity index (χ1v) is 8.13. The zero-order valence-corrected chi connectivity index (χ0v) is 12.9. The van der Waals surface area contributed by atoms with E-state index in [4.69, 9.17) is 0 Å². The second kappa shape index (κ2) is 5.10. The summed E-state index contributed by atoms with van der Waals surface area (Å²) in [6, 6.07) is 1.36. The summed E-state index contributed by atoms with van der Waals surface area (Å²) in [6.07, 6.45) is 0.736. The molecule has 3 nitrogen and oxygen atoms in total. The third-order valence-corrected chi connectivity index (χ3v) is 6.20. The van der Waals surface area contributed by atoms with Crippen molar-refractivity contribution in [2.24, 2.45) is 5.92 Å². The Labute approximate surface area is 119 Å². The van der Waals surface area contributed by atoms with E-state index in [0.717, 1.165) is 12.5 Å². The van der Waals surface area contributed by atoms with Crippen molar-refractivity contribution in [1.29, 1.82) is 0 Å². The van der Waals surface area contributed by atoms with E-state index in [1.807, 2.05) is 6.92 Å². The summed E-state index contributed by atoms with van der Waals surface area (Å²) in [6.45, 7) is 4.09. The lowest BCUT2D eigenvalue weighted by molar-refractivity contribution is 0.401. The van der Waals surface area contributed by atoms with Gasteiger partial charge in [-0.2, -0.15) is 4.31 Å². The van der Waals surface area contributed by atoms with Gasteiger partial charge >= 0.3 is 0 Å². The second-order valence-electron chi connectivity index (χ2n) is 4.96. The predicted octanol–water partition coefficient (Wildman–Crippen LogP) is 3.15. The number of hydrogen-bond donors (Lipinski definition) is 0. The molecule has 0 aliphatic carbocycles. The van der Waals surface area contributed by atoms with Crippen LogP contribution in [0, 0.1) is 17.6 Å². The van der Waals surface area contributed by atoms with Gasteiger partial charge < -0.3 is 0 Å². The normalized spacial score (nSPS) is 24.9. The highest BCUT2D eigenvalue weighted by Crippen LogP contribution is 2.34. The van der Waals surface area contributed by atoms with Gasteiger partial charge in [-0.05, 0) is 41.3 Å². The Bertz CT molecular complexity index is 583. The van der Waals surface area contributed by atoms with Gasteiger partial charge in [0.05, 0.1) is 0 Å². The molecule has 0 amide bonds. The van der Waals surface area contributed by atoms with Crippen molar-refractivity contribution in [3.8, 4) is 0 Å². The van der Waals surface area contributed by atoms with Crippen molar-refractivity contribution in [2.45, 2.75) is 31.2 Å². The molecule has 0 N–H and O–H groups in total. The molecule has 2 rings (SSSR count). The highest BCUT2D eigenvalue weighted by atomic mass is 79.9. The summed E-state index contributed by atoms with van der Waals surface area (Å²) in [5, 5.41) is 0. The lowest BCUT2D eigenvalue weighted by Crippen LogP contribution is -2.34. The largest absolute Gasteiger partial charge is 0.247 e. The fraction of sp³-hybridized carbons (Fsp3) is 0.500. The van der Waals surface area contributed by atoms with Crippen molar-refractivity contribution in [1.82, 2.24) is 4.31 Å².